The van der Waals surface area contributed by atoms with E-state index in [0.29, 0.717) is 0 Å². The lowest BCUT2D eigenvalue weighted by atomic mass is 9.92. The summed E-state index contributed by atoms with van der Waals surface area (Å²) in [4.78, 5) is 28.5. The molecule has 0 spiro atoms. The van der Waals surface area contributed by atoms with Crippen molar-refractivity contribution in [1.82, 2.24) is 4.98 Å². The third kappa shape index (κ3) is 6.90. The molecule has 228 valence electrons. The fourth-order valence-corrected chi connectivity index (χ4v) is 5.18. The van der Waals surface area contributed by atoms with Gasteiger partial charge in [-0.15, -0.1) is 0 Å². The van der Waals surface area contributed by atoms with Crippen molar-refractivity contribution < 1.29 is 54.1 Å². The van der Waals surface area contributed by atoms with E-state index >= 15 is 0 Å². The maximum Gasteiger partial charge on any atom is 0.335 e. The molecule has 7 atom stereocenters. The van der Waals surface area contributed by atoms with Crippen LogP contribution in [-0.4, -0.2) is 90.5 Å². The lowest BCUT2D eigenvalue weighted by Crippen LogP contribution is -2.60. The lowest BCUT2D eigenvalue weighted by molar-refractivity contribution is -0.286. The van der Waals surface area contributed by atoms with Crippen LogP contribution in [0.5, 0.6) is 0 Å². The number of aliphatic hydroxyl groups excluding tert-OH is 5. The molecule has 2 fully saturated rings. The summed E-state index contributed by atoms with van der Waals surface area (Å²) in [5.74, 6) is -2.86. The Balaban J connectivity index is 1.30. The summed E-state index contributed by atoms with van der Waals surface area (Å²) in [5.41, 5.74) is 4.01. The van der Waals surface area contributed by atoms with Crippen LogP contribution in [0.2, 0.25) is 0 Å². The second-order valence-corrected chi connectivity index (χ2v) is 10.8. The van der Waals surface area contributed by atoms with Gasteiger partial charge >= 0.3 is 11.9 Å². The number of carbonyl (C=O) groups is 2. The molecule has 0 amide bonds. The molecule has 0 radical (unpaired) electrons. The van der Waals surface area contributed by atoms with Gasteiger partial charge in [0.1, 0.15) is 24.1 Å². The highest BCUT2D eigenvalue weighted by Gasteiger charge is 2.48. The Morgan fingerprint density at radius 3 is 2.40 bits per heavy atom. The van der Waals surface area contributed by atoms with E-state index < -0.39 is 61.3 Å². The van der Waals surface area contributed by atoms with Crippen molar-refractivity contribution in [2.45, 2.75) is 74.5 Å². The average Bonchev–Trinajstić information content (AvgIpc) is 3.81. The molecular weight excluding hydrogens is 565 g/mol. The molecule has 2 aliphatic rings. The lowest BCUT2D eigenvalue weighted by Gasteiger charge is -2.38. The molecule has 2 aromatic carbocycles. The molecular formula is C31H32FNO10. The Morgan fingerprint density at radius 2 is 1.72 bits per heavy atom. The predicted molar refractivity (Wildman–Crippen MR) is 150 cm³/mol. The first-order valence-electron chi connectivity index (χ1n) is 13.9. The zero-order valence-electron chi connectivity index (χ0n) is 22.9. The molecule has 0 unspecified atom stereocenters. The third-order valence-corrected chi connectivity index (χ3v) is 7.52. The van der Waals surface area contributed by atoms with E-state index in [1.165, 1.54) is 18.2 Å². The van der Waals surface area contributed by atoms with Crippen LogP contribution in [0, 0.1) is 5.82 Å². The first-order chi connectivity index (χ1) is 20.5. The number of benzene rings is 2. The highest BCUT2D eigenvalue weighted by atomic mass is 19.1. The number of carboxylic acid groups (broad SMARTS) is 1. The molecule has 1 saturated carbocycles. The van der Waals surface area contributed by atoms with Crippen molar-refractivity contribution in [3.05, 3.63) is 71.7 Å². The van der Waals surface area contributed by atoms with Crippen molar-refractivity contribution in [3.8, 4) is 11.1 Å². The number of hydrogen-bond acceptors (Lipinski definition) is 10. The number of hydrogen-bond donors (Lipinski definition) is 6. The maximum absolute atomic E-state index is 13.8. The van der Waals surface area contributed by atoms with Crippen LogP contribution in [0.1, 0.15) is 42.9 Å². The van der Waals surface area contributed by atoms with Gasteiger partial charge in [-0.1, -0.05) is 42.5 Å². The van der Waals surface area contributed by atoms with Crippen LogP contribution in [0.15, 0.2) is 54.6 Å². The molecule has 1 aromatic heterocycles. The number of rotatable bonds is 10. The molecule has 1 saturated heterocycles. The standard InChI is InChI=1S/C31H32FNO10/c32-17-9-7-15(8-10-17)24-20-3-1-2-4-22(20)33-25(16-5-6-16)21(24)12-11-18(34)13-19(35)14-23(36)42-31-28(39)26(37)27(38)29(43-31)30(40)41/h1-4,7-12,16,18-19,26-29,31,34-35,37-39H,5-6,13-14H2,(H,40,41)/b12-11+/t18-,19-,26+,27+,28-,29+,31-/m1/s1. The van der Waals surface area contributed by atoms with Crippen LogP contribution in [0.4, 0.5) is 4.39 Å². The number of fused-ring (bicyclic) bond motifs is 1. The van der Waals surface area contributed by atoms with Gasteiger partial charge < -0.3 is 40.1 Å². The van der Waals surface area contributed by atoms with E-state index in [-0.39, 0.29) is 18.2 Å². The normalized spacial score (nSPS) is 25.5. The summed E-state index contributed by atoms with van der Waals surface area (Å²) in [6, 6.07) is 13.7. The molecule has 1 aliphatic carbocycles. The van der Waals surface area contributed by atoms with Gasteiger partial charge in [-0.2, -0.15) is 0 Å². The number of halogens is 1. The van der Waals surface area contributed by atoms with E-state index in [9.17, 15) is 39.5 Å². The van der Waals surface area contributed by atoms with E-state index in [1.807, 2.05) is 24.3 Å². The first kappa shape index (κ1) is 30.7. The number of esters is 1. The van der Waals surface area contributed by atoms with Gasteiger partial charge in [0.2, 0.25) is 6.29 Å². The second-order valence-electron chi connectivity index (χ2n) is 10.8. The van der Waals surface area contributed by atoms with E-state index in [1.54, 1.807) is 18.2 Å². The van der Waals surface area contributed by atoms with Crippen molar-refractivity contribution in [3.63, 3.8) is 0 Å². The molecule has 11 nitrogen and oxygen atoms in total. The minimum atomic E-state index is -1.95. The summed E-state index contributed by atoms with van der Waals surface area (Å²) >= 11 is 0. The molecule has 0 bridgehead atoms. The van der Waals surface area contributed by atoms with Crippen LogP contribution < -0.4 is 0 Å². The fraction of sp³-hybridized carbons (Fsp3) is 0.387. The Labute approximate surface area is 245 Å². The molecule has 3 aromatic rings. The number of carbonyl (C=O) groups excluding carboxylic acids is 1. The number of aromatic nitrogens is 1. The van der Waals surface area contributed by atoms with Crippen LogP contribution in [0.25, 0.3) is 28.1 Å². The zero-order valence-corrected chi connectivity index (χ0v) is 22.9. The number of aliphatic carboxylic acids is 1. The molecule has 43 heavy (non-hydrogen) atoms. The second kappa shape index (κ2) is 12.8. The minimum Gasteiger partial charge on any atom is -0.479 e. The third-order valence-electron chi connectivity index (χ3n) is 7.52. The molecule has 5 rings (SSSR count). The van der Waals surface area contributed by atoms with Crippen LogP contribution >= 0.6 is 0 Å². The number of ether oxygens (including phenoxy) is 2. The van der Waals surface area contributed by atoms with Crippen molar-refractivity contribution in [2.75, 3.05) is 0 Å². The van der Waals surface area contributed by atoms with Gasteiger partial charge in [0.25, 0.3) is 0 Å². The Hall–Kier alpha value is -3.78. The topological polar surface area (TPSA) is 187 Å². The molecule has 2 heterocycles. The quantitative estimate of drug-likeness (QED) is 0.187. The summed E-state index contributed by atoms with van der Waals surface area (Å²) < 4.78 is 23.6. The van der Waals surface area contributed by atoms with Gasteiger partial charge in [-0.05, 0) is 36.6 Å². The molecule has 12 heteroatoms. The average molecular weight is 598 g/mol. The van der Waals surface area contributed by atoms with Crippen LogP contribution in [0.3, 0.4) is 0 Å². The summed E-state index contributed by atoms with van der Waals surface area (Å²) in [5, 5.41) is 60.8. The number of aliphatic hydroxyl groups is 5. The smallest absolute Gasteiger partial charge is 0.335 e. The maximum atomic E-state index is 13.8. The van der Waals surface area contributed by atoms with E-state index in [0.717, 1.165) is 46.1 Å². The Bertz CT molecular complexity index is 1510. The largest absolute Gasteiger partial charge is 0.479 e. The molecule has 1 aliphatic heterocycles. The fourth-order valence-electron chi connectivity index (χ4n) is 5.18. The minimum absolute atomic E-state index is 0.235. The highest BCUT2D eigenvalue weighted by molar-refractivity contribution is 5.99. The van der Waals surface area contributed by atoms with E-state index in [2.05, 4.69) is 0 Å². The monoisotopic (exact) mass is 597 g/mol. The van der Waals surface area contributed by atoms with Gasteiger partial charge in [0.05, 0.1) is 29.8 Å². The number of pyridine rings is 1. The van der Waals surface area contributed by atoms with Crippen molar-refractivity contribution in [2.24, 2.45) is 0 Å². The number of carboxylic acids is 1. The molecule has 6 N–H and O–H groups in total. The SMILES string of the molecule is O=C(C[C@H](O)C[C@H](O)/C=C/c1c(C2CC2)nc2ccccc2c1-c1ccc(F)cc1)O[C@@H]1O[C@H](C(=O)O)[C@@H](O)[C@H](O)[C@H]1O. The Kier molecular flexibility index (Phi) is 9.16. The van der Waals surface area contributed by atoms with Crippen molar-refractivity contribution >= 4 is 28.9 Å². The number of para-hydroxylation sites is 1. The summed E-state index contributed by atoms with van der Waals surface area (Å²) in [6.07, 6.45) is -8.06. The zero-order chi connectivity index (χ0) is 30.8. The van der Waals surface area contributed by atoms with Gasteiger partial charge in [0, 0.05) is 28.9 Å². The number of nitrogens with zero attached hydrogens (tertiary/aromatic N) is 1. The summed E-state index contributed by atoms with van der Waals surface area (Å²) in [7, 11) is 0. The van der Waals surface area contributed by atoms with Gasteiger partial charge in [0.15, 0.2) is 6.10 Å². The van der Waals surface area contributed by atoms with Crippen LogP contribution in [-0.2, 0) is 19.1 Å². The predicted octanol–water partition coefficient (Wildman–Crippen LogP) is 1.87. The van der Waals surface area contributed by atoms with Gasteiger partial charge in [-0.3, -0.25) is 9.78 Å². The van der Waals surface area contributed by atoms with E-state index in [4.69, 9.17) is 19.6 Å². The highest BCUT2D eigenvalue weighted by Crippen LogP contribution is 2.45. The van der Waals surface area contributed by atoms with Gasteiger partial charge in [-0.25, -0.2) is 9.18 Å². The first-order valence-corrected chi connectivity index (χ1v) is 13.9. The summed E-state index contributed by atoms with van der Waals surface area (Å²) in [6.45, 7) is 0. The van der Waals surface area contributed by atoms with Crippen molar-refractivity contribution in [1.29, 1.82) is 0 Å². The Morgan fingerprint density at radius 1 is 1.02 bits per heavy atom.